The van der Waals surface area contributed by atoms with Crippen molar-refractivity contribution in [1.29, 1.82) is 0 Å². The number of rotatable bonds is 6. The third-order valence-corrected chi connectivity index (χ3v) is 3.92. The third-order valence-electron chi connectivity index (χ3n) is 3.92. The molecule has 1 aromatic rings. The van der Waals surface area contributed by atoms with Crippen LogP contribution in [-0.2, 0) is 18.2 Å². The maximum absolute atomic E-state index is 5.78. The molecule has 1 aliphatic rings. The van der Waals surface area contributed by atoms with Crippen molar-refractivity contribution in [3.63, 3.8) is 0 Å². The maximum Gasteiger partial charge on any atom is 0.175 e. The molecule has 0 radical (unpaired) electrons. The maximum atomic E-state index is 5.78. The Bertz CT molecular complexity index is 405. The van der Waals surface area contributed by atoms with E-state index in [1.807, 2.05) is 0 Å². The average molecular weight is 267 g/mol. The largest absolute Gasteiger partial charge is 0.378 e. The predicted molar refractivity (Wildman–Crippen MR) is 72.7 cm³/mol. The second kappa shape index (κ2) is 5.96. The van der Waals surface area contributed by atoms with Crippen LogP contribution >= 0.6 is 0 Å². The molecule has 0 saturated carbocycles. The van der Waals surface area contributed by atoms with E-state index in [4.69, 9.17) is 4.74 Å². The van der Waals surface area contributed by atoms with Crippen molar-refractivity contribution in [3.8, 4) is 0 Å². The molecule has 1 aromatic heterocycles. The quantitative estimate of drug-likeness (QED) is 0.825. The van der Waals surface area contributed by atoms with Crippen LogP contribution in [0.2, 0.25) is 0 Å². The molecule has 0 aliphatic carbocycles. The van der Waals surface area contributed by atoms with Gasteiger partial charge in [0.1, 0.15) is 0 Å². The molecule has 2 atom stereocenters. The fraction of sp³-hybridized carbons (Fsp3) is 0.923. The second-order valence-corrected chi connectivity index (χ2v) is 6.02. The minimum absolute atomic E-state index is 0.0952. The standard InChI is InChI=1S/C13H25N5O/c1-10(2)8-14-9-13(5-6-19-11(13)3)7-12-15-17-18(4)16-12/h10-11,14H,5-9H2,1-4H3. The van der Waals surface area contributed by atoms with Crippen molar-refractivity contribution >= 4 is 0 Å². The van der Waals surface area contributed by atoms with Crippen molar-refractivity contribution < 1.29 is 4.74 Å². The van der Waals surface area contributed by atoms with Crippen molar-refractivity contribution in [1.82, 2.24) is 25.5 Å². The molecule has 2 heterocycles. The van der Waals surface area contributed by atoms with Gasteiger partial charge in [-0.3, -0.25) is 0 Å². The number of hydrogen-bond donors (Lipinski definition) is 1. The molecule has 19 heavy (non-hydrogen) atoms. The topological polar surface area (TPSA) is 64.9 Å². The lowest BCUT2D eigenvalue weighted by atomic mass is 9.78. The second-order valence-electron chi connectivity index (χ2n) is 6.02. The summed E-state index contributed by atoms with van der Waals surface area (Å²) in [4.78, 5) is 1.52. The molecule has 2 rings (SSSR count). The zero-order valence-electron chi connectivity index (χ0n) is 12.4. The van der Waals surface area contributed by atoms with Crippen LogP contribution in [0.15, 0.2) is 0 Å². The van der Waals surface area contributed by atoms with Gasteiger partial charge in [0.25, 0.3) is 0 Å². The van der Waals surface area contributed by atoms with Gasteiger partial charge < -0.3 is 10.1 Å². The van der Waals surface area contributed by atoms with E-state index in [2.05, 4.69) is 41.5 Å². The summed E-state index contributed by atoms with van der Waals surface area (Å²) in [7, 11) is 1.80. The van der Waals surface area contributed by atoms with Gasteiger partial charge in [0.2, 0.25) is 0 Å². The highest BCUT2D eigenvalue weighted by Crippen LogP contribution is 2.37. The Labute approximate surface area is 114 Å². The Hall–Kier alpha value is -1.01. The van der Waals surface area contributed by atoms with Gasteiger partial charge in [0, 0.05) is 25.0 Å². The summed E-state index contributed by atoms with van der Waals surface area (Å²) < 4.78 is 5.78. The monoisotopic (exact) mass is 267 g/mol. The van der Waals surface area contributed by atoms with Gasteiger partial charge in [0.15, 0.2) is 5.82 Å². The van der Waals surface area contributed by atoms with Crippen molar-refractivity contribution in [3.05, 3.63) is 5.82 Å². The van der Waals surface area contributed by atoms with E-state index in [0.29, 0.717) is 5.92 Å². The van der Waals surface area contributed by atoms with Gasteiger partial charge in [-0.2, -0.15) is 4.80 Å². The zero-order chi connectivity index (χ0) is 13.9. The molecule has 6 nitrogen and oxygen atoms in total. The van der Waals surface area contributed by atoms with Gasteiger partial charge in [-0.25, -0.2) is 0 Å². The number of nitrogens with one attached hydrogen (secondary N) is 1. The lowest BCUT2D eigenvalue weighted by Crippen LogP contribution is -2.42. The Balaban J connectivity index is 2.02. The summed E-state index contributed by atoms with van der Waals surface area (Å²) in [5.74, 6) is 1.47. The highest BCUT2D eigenvalue weighted by atomic mass is 16.5. The lowest BCUT2D eigenvalue weighted by molar-refractivity contribution is 0.0617. The van der Waals surface area contributed by atoms with E-state index in [-0.39, 0.29) is 11.5 Å². The number of hydrogen-bond acceptors (Lipinski definition) is 5. The van der Waals surface area contributed by atoms with Gasteiger partial charge in [-0.05, 0) is 31.0 Å². The van der Waals surface area contributed by atoms with Crippen LogP contribution in [0.4, 0.5) is 0 Å². The highest BCUT2D eigenvalue weighted by Gasteiger charge is 2.42. The molecule has 1 fully saturated rings. The Morgan fingerprint density at radius 1 is 1.53 bits per heavy atom. The summed E-state index contributed by atoms with van der Waals surface area (Å²) >= 11 is 0. The van der Waals surface area contributed by atoms with E-state index >= 15 is 0 Å². The molecule has 2 unspecified atom stereocenters. The summed E-state index contributed by atoms with van der Waals surface area (Å²) in [5, 5.41) is 15.9. The minimum atomic E-state index is 0.0952. The summed E-state index contributed by atoms with van der Waals surface area (Å²) in [6.45, 7) is 9.40. The molecule has 0 spiro atoms. The molecule has 0 amide bonds. The predicted octanol–water partition coefficient (Wildman–Crippen LogP) is 0.793. The Kier molecular flexibility index (Phi) is 4.52. The number of ether oxygens (including phenoxy) is 1. The molecule has 0 bridgehead atoms. The van der Waals surface area contributed by atoms with E-state index < -0.39 is 0 Å². The molecular formula is C13H25N5O. The number of aromatic nitrogens is 4. The highest BCUT2D eigenvalue weighted by molar-refractivity contribution is 4.98. The average Bonchev–Trinajstić information content (AvgIpc) is 2.87. The first-order valence-electron chi connectivity index (χ1n) is 7.07. The van der Waals surface area contributed by atoms with Gasteiger partial charge in [-0.15, -0.1) is 10.2 Å². The van der Waals surface area contributed by atoms with Crippen LogP contribution in [0.3, 0.4) is 0 Å². The number of aryl methyl sites for hydroxylation is 1. The van der Waals surface area contributed by atoms with Crippen LogP contribution in [0.5, 0.6) is 0 Å². The fourth-order valence-corrected chi connectivity index (χ4v) is 2.66. The minimum Gasteiger partial charge on any atom is -0.378 e. The molecule has 1 N–H and O–H groups in total. The molecule has 1 saturated heterocycles. The van der Waals surface area contributed by atoms with Crippen LogP contribution in [0, 0.1) is 11.3 Å². The first-order chi connectivity index (χ1) is 9.02. The van der Waals surface area contributed by atoms with Gasteiger partial charge in [-0.1, -0.05) is 13.8 Å². The van der Waals surface area contributed by atoms with E-state index in [1.54, 1.807) is 7.05 Å². The van der Waals surface area contributed by atoms with Crippen LogP contribution in [-0.4, -0.2) is 46.0 Å². The first kappa shape index (κ1) is 14.4. The number of nitrogens with zero attached hydrogens (tertiary/aromatic N) is 4. The zero-order valence-corrected chi connectivity index (χ0v) is 12.4. The van der Waals surface area contributed by atoms with Crippen molar-refractivity contribution in [2.45, 2.75) is 39.7 Å². The molecule has 1 aliphatic heterocycles. The normalized spacial score (nSPS) is 27.3. The van der Waals surface area contributed by atoms with Crippen LogP contribution in [0.1, 0.15) is 33.0 Å². The van der Waals surface area contributed by atoms with E-state index in [0.717, 1.165) is 38.4 Å². The Morgan fingerprint density at radius 2 is 2.32 bits per heavy atom. The van der Waals surface area contributed by atoms with Crippen LogP contribution < -0.4 is 5.32 Å². The number of tetrazole rings is 1. The van der Waals surface area contributed by atoms with Gasteiger partial charge in [0.05, 0.1) is 13.2 Å². The smallest absolute Gasteiger partial charge is 0.175 e. The first-order valence-corrected chi connectivity index (χ1v) is 7.07. The molecule has 108 valence electrons. The summed E-state index contributed by atoms with van der Waals surface area (Å²) in [5.41, 5.74) is 0.0952. The SMILES string of the molecule is CC(C)CNCC1(Cc2nnn(C)n2)CCOC1C. The van der Waals surface area contributed by atoms with Crippen molar-refractivity contribution in [2.24, 2.45) is 18.4 Å². The van der Waals surface area contributed by atoms with Crippen LogP contribution in [0.25, 0.3) is 0 Å². The van der Waals surface area contributed by atoms with Crippen molar-refractivity contribution in [2.75, 3.05) is 19.7 Å². The Morgan fingerprint density at radius 3 is 2.84 bits per heavy atom. The fourth-order valence-electron chi connectivity index (χ4n) is 2.66. The molecular weight excluding hydrogens is 242 g/mol. The summed E-state index contributed by atoms with van der Waals surface area (Å²) in [6.07, 6.45) is 2.11. The molecule has 0 aromatic carbocycles. The molecule has 6 heteroatoms. The van der Waals surface area contributed by atoms with Gasteiger partial charge >= 0.3 is 0 Å². The van der Waals surface area contributed by atoms with E-state index in [9.17, 15) is 0 Å². The van der Waals surface area contributed by atoms with E-state index in [1.165, 1.54) is 4.80 Å². The lowest BCUT2D eigenvalue weighted by Gasteiger charge is -2.31. The third kappa shape index (κ3) is 3.51. The summed E-state index contributed by atoms with van der Waals surface area (Å²) in [6, 6.07) is 0.